The summed E-state index contributed by atoms with van der Waals surface area (Å²) in [5, 5.41) is 12.1. The van der Waals surface area contributed by atoms with Crippen molar-refractivity contribution < 1.29 is 19.1 Å². The summed E-state index contributed by atoms with van der Waals surface area (Å²) in [7, 11) is 0. The first-order valence-corrected chi connectivity index (χ1v) is 9.66. The fourth-order valence-electron chi connectivity index (χ4n) is 3.70. The molecule has 0 atom stereocenters. The molecule has 2 aromatic rings. The highest BCUT2D eigenvalue weighted by molar-refractivity contribution is 5.77. The molecule has 2 saturated carbocycles. The molecular weight excluding hydrogens is 346 g/mol. The van der Waals surface area contributed by atoms with Crippen molar-refractivity contribution in [1.82, 2.24) is 15.2 Å². The van der Waals surface area contributed by atoms with Gasteiger partial charge in [0.15, 0.2) is 11.5 Å². The molecule has 0 unspecified atom stereocenters. The van der Waals surface area contributed by atoms with Crippen LogP contribution >= 0.6 is 0 Å². The second kappa shape index (κ2) is 7.68. The van der Waals surface area contributed by atoms with Crippen molar-refractivity contribution >= 4 is 23.0 Å². The standard InChI is InChI=1S/C20H25N3O4/c24-18(7-8-19-22-16-3-1-2-4-17(16)27-19)21-14-9-15(10-14)23(12-20(25)26)11-13-5-6-13/h1-4,13-15H,5-12H2,(H,21,24)(H,25,26). The quantitative estimate of drug-likeness (QED) is 0.702. The first-order valence-electron chi connectivity index (χ1n) is 9.66. The number of rotatable bonds is 9. The zero-order valence-electron chi connectivity index (χ0n) is 15.3. The number of carboxylic acid groups (broad SMARTS) is 1. The van der Waals surface area contributed by atoms with Gasteiger partial charge in [0.2, 0.25) is 5.91 Å². The van der Waals surface area contributed by atoms with E-state index in [1.165, 1.54) is 12.8 Å². The van der Waals surface area contributed by atoms with Crippen LogP contribution in [0.4, 0.5) is 0 Å². The Balaban J connectivity index is 1.20. The number of amides is 1. The van der Waals surface area contributed by atoms with E-state index >= 15 is 0 Å². The Kier molecular flexibility index (Phi) is 5.11. The number of fused-ring (bicyclic) bond motifs is 1. The number of oxazole rings is 1. The molecule has 2 fully saturated rings. The smallest absolute Gasteiger partial charge is 0.317 e. The van der Waals surface area contributed by atoms with Gasteiger partial charge in [0.25, 0.3) is 0 Å². The first-order chi connectivity index (χ1) is 13.1. The van der Waals surface area contributed by atoms with Gasteiger partial charge in [-0.2, -0.15) is 0 Å². The molecule has 1 aromatic carbocycles. The largest absolute Gasteiger partial charge is 0.480 e. The number of aromatic nitrogens is 1. The van der Waals surface area contributed by atoms with Gasteiger partial charge in [-0.05, 0) is 43.7 Å². The van der Waals surface area contributed by atoms with Crippen LogP contribution in [-0.2, 0) is 16.0 Å². The van der Waals surface area contributed by atoms with Crippen molar-refractivity contribution in [3.8, 4) is 0 Å². The highest BCUT2D eigenvalue weighted by atomic mass is 16.4. The molecule has 2 aliphatic carbocycles. The zero-order chi connectivity index (χ0) is 18.8. The van der Waals surface area contributed by atoms with Crippen LogP contribution in [0.15, 0.2) is 28.7 Å². The molecule has 27 heavy (non-hydrogen) atoms. The van der Waals surface area contributed by atoms with E-state index in [0.717, 1.165) is 30.5 Å². The van der Waals surface area contributed by atoms with Gasteiger partial charge >= 0.3 is 5.97 Å². The predicted molar refractivity (Wildman–Crippen MR) is 99.2 cm³/mol. The second-order valence-corrected chi connectivity index (χ2v) is 7.73. The van der Waals surface area contributed by atoms with Crippen LogP contribution in [-0.4, -0.2) is 52.0 Å². The van der Waals surface area contributed by atoms with Crippen LogP contribution in [0.5, 0.6) is 0 Å². The first kappa shape index (κ1) is 18.0. The predicted octanol–water partition coefficient (Wildman–Crippen LogP) is 2.20. The normalized spacial score (nSPS) is 22.0. The molecule has 1 aromatic heterocycles. The molecule has 2 aliphatic rings. The topological polar surface area (TPSA) is 95.7 Å². The maximum atomic E-state index is 12.2. The maximum Gasteiger partial charge on any atom is 0.317 e. The van der Waals surface area contributed by atoms with Gasteiger partial charge in [0, 0.05) is 31.5 Å². The summed E-state index contributed by atoms with van der Waals surface area (Å²) in [6, 6.07) is 7.97. The lowest BCUT2D eigenvalue weighted by Gasteiger charge is -2.42. The van der Waals surface area contributed by atoms with Gasteiger partial charge in [0.1, 0.15) is 5.52 Å². The Morgan fingerprint density at radius 2 is 2.04 bits per heavy atom. The molecule has 0 spiro atoms. The molecule has 144 valence electrons. The Bertz CT molecular complexity index is 790. The number of nitrogens with zero attached hydrogens (tertiary/aromatic N) is 2. The molecule has 4 rings (SSSR count). The number of carboxylic acids is 1. The van der Waals surface area contributed by atoms with Gasteiger partial charge < -0.3 is 14.8 Å². The lowest BCUT2D eigenvalue weighted by atomic mass is 9.85. The van der Waals surface area contributed by atoms with Crippen LogP contribution < -0.4 is 5.32 Å². The number of carbonyl (C=O) groups is 2. The highest BCUT2D eigenvalue weighted by Gasteiger charge is 2.37. The van der Waals surface area contributed by atoms with E-state index in [1.54, 1.807) is 0 Å². The number of aryl methyl sites for hydroxylation is 1. The summed E-state index contributed by atoms with van der Waals surface area (Å²) in [4.78, 5) is 29.7. The Labute approximate surface area is 157 Å². The van der Waals surface area contributed by atoms with Crippen molar-refractivity contribution in [1.29, 1.82) is 0 Å². The van der Waals surface area contributed by atoms with Crippen LogP contribution in [0.25, 0.3) is 11.1 Å². The number of aliphatic carboxylic acids is 1. The van der Waals surface area contributed by atoms with E-state index < -0.39 is 5.97 Å². The Hall–Kier alpha value is -2.41. The summed E-state index contributed by atoms with van der Waals surface area (Å²) in [6.07, 6.45) is 4.89. The lowest BCUT2D eigenvalue weighted by Crippen LogP contribution is -2.55. The average molecular weight is 371 g/mol. The Morgan fingerprint density at radius 3 is 2.74 bits per heavy atom. The van der Waals surface area contributed by atoms with Crippen molar-refractivity contribution in [2.75, 3.05) is 13.1 Å². The Morgan fingerprint density at radius 1 is 1.26 bits per heavy atom. The fourth-order valence-corrected chi connectivity index (χ4v) is 3.70. The SMILES string of the molecule is O=C(O)CN(CC1CC1)C1CC(NC(=O)CCc2nc3ccccc3o2)C1. The zero-order valence-corrected chi connectivity index (χ0v) is 15.3. The molecule has 2 N–H and O–H groups in total. The lowest BCUT2D eigenvalue weighted by molar-refractivity contribution is -0.140. The van der Waals surface area contributed by atoms with E-state index in [2.05, 4.69) is 15.2 Å². The summed E-state index contributed by atoms with van der Waals surface area (Å²) in [5.41, 5.74) is 1.55. The third-order valence-corrected chi connectivity index (χ3v) is 5.43. The minimum Gasteiger partial charge on any atom is -0.480 e. The van der Waals surface area contributed by atoms with Gasteiger partial charge in [-0.1, -0.05) is 12.1 Å². The molecule has 1 heterocycles. The van der Waals surface area contributed by atoms with Crippen LogP contribution in [0.3, 0.4) is 0 Å². The molecule has 0 radical (unpaired) electrons. The summed E-state index contributed by atoms with van der Waals surface area (Å²) in [6.45, 7) is 0.967. The van der Waals surface area contributed by atoms with E-state index in [-0.39, 0.29) is 24.5 Å². The minimum atomic E-state index is -0.776. The summed E-state index contributed by atoms with van der Waals surface area (Å²) >= 11 is 0. The molecule has 7 heteroatoms. The van der Waals surface area contributed by atoms with Crippen LogP contribution in [0, 0.1) is 5.92 Å². The number of hydrogen-bond acceptors (Lipinski definition) is 5. The van der Waals surface area contributed by atoms with Crippen molar-refractivity contribution in [2.24, 2.45) is 5.92 Å². The molecule has 0 aliphatic heterocycles. The third-order valence-electron chi connectivity index (χ3n) is 5.43. The maximum absolute atomic E-state index is 12.2. The second-order valence-electron chi connectivity index (χ2n) is 7.73. The van der Waals surface area contributed by atoms with Gasteiger partial charge in [-0.15, -0.1) is 0 Å². The van der Waals surface area contributed by atoms with Crippen molar-refractivity contribution in [2.45, 2.75) is 50.6 Å². The molecule has 0 saturated heterocycles. The van der Waals surface area contributed by atoms with E-state index in [0.29, 0.717) is 24.7 Å². The van der Waals surface area contributed by atoms with E-state index in [1.807, 2.05) is 24.3 Å². The van der Waals surface area contributed by atoms with Gasteiger partial charge in [0.05, 0.1) is 6.54 Å². The molecule has 7 nitrogen and oxygen atoms in total. The average Bonchev–Trinajstić information content (AvgIpc) is 3.30. The van der Waals surface area contributed by atoms with Crippen LogP contribution in [0.1, 0.15) is 38.0 Å². The number of hydrogen-bond donors (Lipinski definition) is 2. The van der Waals surface area contributed by atoms with Crippen molar-refractivity contribution in [3.05, 3.63) is 30.2 Å². The highest BCUT2D eigenvalue weighted by Crippen LogP contribution is 2.33. The monoisotopic (exact) mass is 371 g/mol. The van der Waals surface area contributed by atoms with E-state index in [4.69, 9.17) is 9.52 Å². The summed E-state index contributed by atoms with van der Waals surface area (Å²) < 4.78 is 5.64. The number of nitrogens with one attached hydrogen (secondary N) is 1. The minimum absolute atomic E-state index is 0.00677. The summed E-state index contributed by atoms with van der Waals surface area (Å²) in [5.74, 6) is 0.457. The van der Waals surface area contributed by atoms with Crippen LogP contribution in [0.2, 0.25) is 0 Å². The van der Waals surface area contributed by atoms with Gasteiger partial charge in [-0.25, -0.2) is 4.98 Å². The fraction of sp³-hybridized carbons (Fsp3) is 0.550. The van der Waals surface area contributed by atoms with E-state index in [9.17, 15) is 9.59 Å². The number of carbonyl (C=O) groups excluding carboxylic acids is 1. The van der Waals surface area contributed by atoms with Gasteiger partial charge in [-0.3, -0.25) is 14.5 Å². The molecule has 1 amide bonds. The van der Waals surface area contributed by atoms with Crippen molar-refractivity contribution in [3.63, 3.8) is 0 Å². The molecule has 0 bridgehead atoms. The number of para-hydroxylation sites is 2. The molecular formula is C20H25N3O4. The third kappa shape index (κ3) is 4.66. The number of benzene rings is 1.